The largest absolute Gasteiger partial charge is 0.465 e. The Bertz CT molecular complexity index is 136. The Kier molecular flexibility index (Phi) is 5.72. The second-order valence-electron chi connectivity index (χ2n) is 3.11. The van der Waals surface area contributed by atoms with Crippen LogP contribution in [0.4, 0.5) is 0 Å². The molecule has 3 nitrogen and oxygen atoms in total. The molecule has 0 saturated carbocycles. The van der Waals surface area contributed by atoms with Gasteiger partial charge in [-0.1, -0.05) is 20.3 Å². The molecule has 72 valence electrons. The van der Waals surface area contributed by atoms with Gasteiger partial charge in [0.2, 0.25) is 0 Å². The molecule has 0 rings (SSSR count). The Morgan fingerprint density at radius 2 is 2.08 bits per heavy atom. The van der Waals surface area contributed by atoms with Gasteiger partial charge in [0.05, 0.1) is 6.61 Å². The third-order valence-corrected chi connectivity index (χ3v) is 1.94. The number of hydrogen-bond donors (Lipinski definition) is 1. The molecule has 0 aliphatic carbocycles. The summed E-state index contributed by atoms with van der Waals surface area (Å²) in [6, 6.07) is -0.445. The zero-order valence-electron chi connectivity index (χ0n) is 8.17. The van der Waals surface area contributed by atoms with Crippen LogP contribution < -0.4 is 5.73 Å². The van der Waals surface area contributed by atoms with Crippen LogP contribution in [-0.2, 0) is 9.53 Å². The molecule has 3 heteroatoms. The van der Waals surface area contributed by atoms with E-state index >= 15 is 0 Å². The second kappa shape index (κ2) is 6.00. The van der Waals surface area contributed by atoms with E-state index in [4.69, 9.17) is 10.5 Å². The van der Waals surface area contributed by atoms with Crippen LogP contribution in [0, 0.1) is 5.92 Å². The Balaban J connectivity index is 3.70. The zero-order chi connectivity index (χ0) is 9.56. The number of rotatable bonds is 5. The SMILES string of the molecule is CCOC(=O)[C@@H](N)C[C@@H](C)CC. The van der Waals surface area contributed by atoms with Crippen molar-refractivity contribution in [3.63, 3.8) is 0 Å². The van der Waals surface area contributed by atoms with Gasteiger partial charge >= 0.3 is 5.97 Å². The molecule has 0 aromatic rings. The molecule has 0 saturated heterocycles. The van der Waals surface area contributed by atoms with Gasteiger partial charge < -0.3 is 10.5 Å². The van der Waals surface area contributed by atoms with Crippen molar-refractivity contribution in [3.8, 4) is 0 Å². The molecule has 0 fully saturated rings. The molecule has 0 amide bonds. The van der Waals surface area contributed by atoms with Crippen LogP contribution >= 0.6 is 0 Å². The predicted molar refractivity (Wildman–Crippen MR) is 48.7 cm³/mol. The third kappa shape index (κ3) is 4.34. The maximum atomic E-state index is 11.0. The van der Waals surface area contributed by atoms with E-state index in [1.807, 2.05) is 0 Å². The van der Waals surface area contributed by atoms with Gasteiger partial charge in [0.15, 0.2) is 0 Å². The van der Waals surface area contributed by atoms with Gasteiger partial charge in [0.1, 0.15) is 6.04 Å². The first-order valence-corrected chi connectivity index (χ1v) is 4.54. The van der Waals surface area contributed by atoms with Crippen LogP contribution in [0.25, 0.3) is 0 Å². The Hall–Kier alpha value is -0.570. The minimum atomic E-state index is -0.445. The number of ether oxygens (including phenoxy) is 1. The van der Waals surface area contributed by atoms with E-state index in [0.29, 0.717) is 12.5 Å². The summed E-state index contributed by atoms with van der Waals surface area (Å²) < 4.78 is 4.79. The summed E-state index contributed by atoms with van der Waals surface area (Å²) in [5, 5.41) is 0. The molecule has 2 N–H and O–H groups in total. The molecule has 0 aromatic carbocycles. The van der Waals surface area contributed by atoms with Gasteiger partial charge in [-0.3, -0.25) is 4.79 Å². The second-order valence-corrected chi connectivity index (χ2v) is 3.11. The standard InChI is InChI=1S/C9H19NO2/c1-4-7(3)6-8(10)9(11)12-5-2/h7-8H,4-6,10H2,1-3H3/t7-,8-/m0/s1. The molecule has 0 unspecified atom stereocenters. The fourth-order valence-electron chi connectivity index (χ4n) is 0.946. The molecule has 0 heterocycles. The first-order chi connectivity index (χ1) is 5.61. The minimum absolute atomic E-state index is 0.280. The Labute approximate surface area is 74.3 Å². The maximum Gasteiger partial charge on any atom is 0.322 e. The topological polar surface area (TPSA) is 52.3 Å². The smallest absolute Gasteiger partial charge is 0.322 e. The van der Waals surface area contributed by atoms with E-state index in [1.54, 1.807) is 6.92 Å². The Morgan fingerprint density at radius 3 is 2.50 bits per heavy atom. The first-order valence-electron chi connectivity index (χ1n) is 4.54. The lowest BCUT2D eigenvalue weighted by Crippen LogP contribution is -2.33. The third-order valence-electron chi connectivity index (χ3n) is 1.94. The van der Waals surface area contributed by atoms with E-state index in [1.165, 1.54) is 0 Å². The van der Waals surface area contributed by atoms with E-state index in [-0.39, 0.29) is 5.97 Å². The lowest BCUT2D eigenvalue weighted by Gasteiger charge is -2.14. The fraction of sp³-hybridized carbons (Fsp3) is 0.889. The quantitative estimate of drug-likeness (QED) is 0.638. The van der Waals surface area contributed by atoms with Gasteiger partial charge in [-0.05, 0) is 19.3 Å². The van der Waals surface area contributed by atoms with Gasteiger partial charge in [-0.2, -0.15) is 0 Å². The summed E-state index contributed by atoms with van der Waals surface area (Å²) in [5.41, 5.74) is 5.61. The first kappa shape index (κ1) is 11.4. The highest BCUT2D eigenvalue weighted by Gasteiger charge is 2.16. The molecule has 12 heavy (non-hydrogen) atoms. The van der Waals surface area contributed by atoms with Crippen molar-refractivity contribution < 1.29 is 9.53 Å². The average molecular weight is 173 g/mol. The number of carbonyl (C=O) groups excluding carboxylic acids is 1. The number of esters is 1. The van der Waals surface area contributed by atoms with E-state index in [0.717, 1.165) is 12.8 Å². The summed E-state index contributed by atoms with van der Waals surface area (Å²) in [4.78, 5) is 11.0. The molecule has 2 atom stereocenters. The molecule has 0 spiro atoms. The van der Waals surface area contributed by atoms with Crippen LogP contribution in [0.5, 0.6) is 0 Å². The van der Waals surface area contributed by atoms with Crippen molar-refractivity contribution in [2.45, 2.75) is 39.7 Å². The van der Waals surface area contributed by atoms with E-state index < -0.39 is 6.04 Å². The highest BCUT2D eigenvalue weighted by Crippen LogP contribution is 2.09. The normalized spacial score (nSPS) is 15.3. The van der Waals surface area contributed by atoms with E-state index in [2.05, 4.69) is 13.8 Å². The molecule has 0 radical (unpaired) electrons. The maximum absolute atomic E-state index is 11.0. The average Bonchev–Trinajstić information content (AvgIpc) is 2.04. The number of carbonyl (C=O) groups is 1. The molecule has 0 aliphatic heterocycles. The summed E-state index contributed by atoms with van der Waals surface area (Å²) in [6.07, 6.45) is 1.77. The number of nitrogens with two attached hydrogens (primary N) is 1. The summed E-state index contributed by atoms with van der Waals surface area (Å²) in [7, 11) is 0. The van der Waals surface area contributed by atoms with Gasteiger partial charge in [0, 0.05) is 0 Å². The van der Waals surface area contributed by atoms with Crippen LogP contribution in [0.1, 0.15) is 33.6 Å². The monoisotopic (exact) mass is 173 g/mol. The number of hydrogen-bond acceptors (Lipinski definition) is 3. The van der Waals surface area contributed by atoms with Crippen molar-refractivity contribution in [1.29, 1.82) is 0 Å². The predicted octanol–water partition coefficient (Wildman–Crippen LogP) is 1.31. The van der Waals surface area contributed by atoms with Crippen molar-refractivity contribution in [2.75, 3.05) is 6.61 Å². The van der Waals surface area contributed by atoms with Crippen LogP contribution in [0.2, 0.25) is 0 Å². The van der Waals surface area contributed by atoms with Crippen molar-refractivity contribution >= 4 is 5.97 Å². The Morgan fingerprint density at radius 1 is 1.50 bits per heavy atom. The molecule has 0 aliphatic rings. The minimum Gasteiger partial charge on any atom is -0.465 e. The van der Waals surface area contributed by atoms with Crippen molar-refractivity contribution in [3.05, 3.63) is 0 Å². The fourth-order valence-corrected chi connectivity index (χ4v) is 0.946. The zero-order valence-corrected chi connectivity index (χ0v) is 8.17. The van der Waals surface area contributed by atoms with Gasteiger partial charge in [-0.25, -0.2) is 0 Å². The van der Waals surface area contributed by atoms with Crippen LogP contribution in [0.3, 0.4) is 0 Å². The summed E-state index contributed by atoms with van der Waals surface area (Å²) >= 11 is 0. The van der Waals surface area contributed by atoms with Crippen LogP contribution in [-0.4, -0.2) is 18.6 Å². The van der Waals surface area contributed by atoms with Gasteiger partial charge in [-0.15, -0.1) is 0 Å². The van der Waals surface area contributed by atoms with Crippen LogP contribution in [0.15, 0.2) is 0 Å². The molecular weight excluding hydrogens is 154 g/mol. The summed E-state index contributed by atoms with van der Waals surface area (Å²) in [5.74, 6) is 0.210. The van der Waals surface area contributed by atoms with Crippen molar-refractivity contribution in [1.82, 2.24) is 0 Å². The van der Waals surface area contributed by atoms with Crippen molar-refractivity contribution in [2.24, 2.45) is 11.7 Å². The highest BCUT2D eigenvalue weighted by molar-refractivity contribution is 5.75. The van der Waals surface area contributed by atoms with Gasteiger partial charge in [0.25, 0.3) is 0 Å². The molecule has 0 aromatic heterocycles. The molecular formula is C9H19NO2. The lowest BCUT2D eigenvalue weighted by molar-refractivity contribution is -0.145. The lowest BCUT2D eigenvalue weighted by atomic mass is 10.0. The summed E-state index contributed by atoms with van der Waals surface area (Å²) in [6.45, 7) is 6.36. The molecule has 0 bridgehead atoms. The van der Waals surface area contributed by atoms with E-state index in [9.17, 15) is 4.79 Å². The highest BCUT2D eigenvalue weighted by atomic mass is 16.5.